The summed E-state index contributed by atoms with van der Waals surface area (Å²) in [6.45, 7) is 3.27. The Hall–Kier alpha value is -2.08. The highest BCUT2D eigenvalue weighted by Crippen LogP contribution is 2.32. The summed E-state index contributed by atoms with van der Waals surface area (Å²) in [4.78, 5) is 25.0. The number of hydrogen-bond donors (Lipinski definition) is 3. The van der Waals surface area contributed by atoms with Gasteiger partial charge in [0.25, 0.3) is 0 Å². The molecule has 2 amide bonds. The molecule has 1 aromatic rings. The number of aliphatic carboxylic acids is 1. The average molecular weight is 388 g/mol. The van der Waals surface area contributed by atoms with Crippen molar-refractivity contribution in [1.29, 1.82) is 0 Å². The molecule has 3 rings (SSSR count). The third-order valence-corrected chi connectivity index (χ3v) is 6.22. The summed E-state index contributed by atoms with van der Waals surface area (Å²) in [5.41, 5.74) is 2.54. The van der Waals surface area contributed by atoms with E-state index in [1.165, 1.54) is 37.7 Å². The first-order valence-corrected chi connectivity index (χ1v) is 10.6. The number of nitrogens with one attached hydrogen (secondary N) is 2. The Kier molecular flexibility index (Phi) is 7.31. The summed E-state index contributed by atoms with van der Waals surface area (Å²) >= 11 is 0. The third-order valence-electron chi connectivity index (χ3n) is 6.22. The van der Waals surface area contributed by atoms with Crippen LogP contribution in [0.1, 0.15) is 68.9 Å². The van der Waals surface area contributed by atoms with Crippen LogP contribution in [0.4, 0.5) is 4.79 Å². The van der Waals surface area contributed by atoms with Gasteiger partial charge in [-0.15, -0.1) is 0 Å². The largest absolute Gasteiger partial charge is 0.480 e. The van der Waals surface area contributed by atoms with Crippen LogP contribution >= 0.6 is 0 Å². The van der Waals surface area contributed by atoms with E-state index >= 15 is 0 Å². The van der Waals surface area contributed by atoms with Crippen LogP contribution in [0.5, 0.6) is 0 Å². The first kappa shape index (κ1) is 20.6. The van der Waals surface area contributed by atoms with E-state index in [2.05, 4.69) is 34.9 Å². The molecule has 2 aliphatic rings. The van der Waals surface area contributed by atoms with Gasteiger partial charge in [0.15, 0.2) is 0 Å². The Morgan fingerprint density at radius 1 is 1.11 bits per heavy atom. The van der Waals surface area contributed by atoms with Crippen LogP contribution in [0.3, 0.4) is 0 Å². The molecule has 0 atom stereocenters. The molecule has 2 saturated carbocycles. The van der Waals surface area contributed by atoms with Crippen molar-refractivity contribution in [2.24, 2.45) is 0 Å². The van der Waals surface area contributed by atoms with Crippen molar-refractivity contribution in [3.05, 3.63) is 35.4 Å². The van der Waals surface area contributed by atoms with Crippen molar-refractivity contribution in [2.45, 2.75) is 76.4 Å². The molecule has 0 saturated heterocycles. The maximum Gasteiger partial charge on any atom is 0.317 e. The molecular weight excluding hydrogens is 354 g/mol. The molecular formula is C22H33N3O3. The summed E-state index contributed by atoms with van der Waals surface area (Å²) in [7, 11) is 0. The lowest BCUT2D eigenvalue weighted by atomic mass is 9.84. The Labute approximate surface area is 167 Å². The molecule has 0 bridgehead atoms. The molecule has 0 aliphatic heterocycles. The van der Waals surface area contributed by atoms with Crippen molar-refractivity contribution in [3.8, 4) is 0 Å². The molecule has 0 radical (unpaired) electrons. The maximum atomic E-state index is 12.1. The summed E-state index contributed by atoms with van der Waals surface area (Å²) in [6, 6.07) is 8.89. The van der Waals surface area contributed by atoms with Crippen LogP contribution in [0.15, 0.2) is 24.3 Å². The van der Waals surface area contributed by atoms with Crippen molar-refractivity contribution in [3.63, 3.8) is 0 Å². The van der Waals surface area contributed by atoms with Gasteiger partial charge in [-0.05, 0) is 49.3 Å². The van der Waals surface area contributed by atoms with E-state index in [0.717, 1.165) is 18.4 Å². The number of carboxylic acid groups (broad SMARTS) is 1. The number of hydrogen-bond acceptors (Lipinski definition) is 3. The zero-order valence-corrected chi connectivity index (χ0v) is 16.8. The Morgan fingerprint density at radius 2 is 1.79 bits per heavy atom. The van der Waals surface area contributed by atoms with Gasteiger partial charge in [-0.3, -0.25) is 9.69 Å². The van der Waals surface area contributed by atoms with Gasteiger partial charge in [-0.25, -0.2) is 4.79 Å². The van der Waals surface area contributed by atoms with E-state index in [1.54, 1.807) is 0 Å². The van der Waals surface area contributed by atoms with Gasteiger partial charge in [0.05, 0.1) is 6.54 Å². The van der Waals surface area contributed by atoms with Gasteiger partial charge in [0.2, 0.25) is 0 Å². The average Bonchev–Trinajstić information content (AvgIpc) is 2.68. The molecule has 6 nitrogen and oxygen atoms in total. The number of rotatable bonds is 8. The van der Waals surface area contributed by atoms with E-state index in [4.69, 9.17) is 5.11 Å². The second-order valence-electron chi connectivity index (χ2n) is 8.18. The number of nitrogens with zero attached hydrogens (tertiary/aromatic N) is 1. The van der Waals surface area contributed by atoms with Crippen LogP contribution < -0.4 is 10.6 Å². The summed E-state index contributed by atoms with van der Waals surface area (Å²) in [5.74, 6) is -0.0973. The smallest absolute Gasteiger partial charge is 0.317 e. The van der Waals surface area contributed by atoms with Gasteiger partial charge in [0.1, 0.15) is 0 Å². The molecule has 0 unspecified atom stereocenters. The van der Waals surface area contributed by atoms with E-state index in [9.17, 15) is 9.59 Å². The summed E-state index contributed by atoms with van der Waals surface area (Å²) in [5, 5.41) is 14.9. The number of benzene rings is 1. The van der Waals surface area contributed by atoms with Crippen molar-refractivity contribution in [2.75, 3.05) is 13.1 Å². The van der Waals surface area contributed by atoms with E-state index < -0.39 is 5.97 Å². The number of amides is 2. The molecule has 0 spiro atoms. The molecule has 28 heavy (non-hydrogen) atoms. The highest BCUT2D eigenvalue weighted by atomic mass is 16.4. The fourth-order valence-corrected chi connectivity index (χ4v) is 4.44. The van der Waals surface area contributed by atoms with Crippen LogP contribution in [-0.2, 0) is 11.3 Å². The SMILES string of the molecule is CCN(CC(=O)O)C1CC(NC(=O)NCc2ccc(C3CCCCC3)cc2)C1. The van der Waals surface area contributed by atoms with E-state index in [1.807, 2.05) is 11.8 Å². The molecule has 6 heteroatoms. The quantitative estimate of drug-likeness (QED) is 0.638. The lowest BCUT2D eigenvalue weighted by molar-refractivity contribution is -0.139. The zero-order valence-electron chi connectivity index (χ0n) is 16.8. The maximum absolute atomic E-state index is 12.1. The normalized spacial score (nSPS) is 22.5. The molecule has 3 N–H and O–H groups in total. The van der Waals surface area contributed by atoms with E-state index in [-0.39, 0.29) is 24.7 Å². The van der Waals surface area contributed by atoms with E-state index in [0.29, 0.717) is 19.0 Å². The first-order chi connectivity index (χ1) is 13.5. The molecule has 154 valence electrons. The fraction of sp³-hybridized carbons (Fsp3) is 0.636. The molecule has 1 aromatic carbocycles. The molecule has 2 fully saturated rings. The first-order valence-electron chi connectivity index (χ1n) is 10.6. The standard InChI is InChI=1S/C22H33N3O3/c1-2-25(15-21(26)27)20-12-19(13-20)24-22(28)23-14-16-8-10-18(11-9-16)17-6-4-3-5-7-17/h8-11,17,19-20H,2-7,12-15H2,1H3,(H,26,27)(H2,23,24,28). The van der Waals surface area contributed by atoms with Crippen LogP contribution in [0.2, 0.25) is 0 Å². The second kappa shape index (κ2) is 9.92. The number of urea groups is 1. The van der Waals surface area contributed by atoms with Crippen LogP contribution in [0.25, 0.3) is 0 Å². The Bertz CT molecular complexity index is 649. The van der Waals surface area contributed by atoms with Gasteiger partial charge in [-0.2, -0.15) is 0 Å². The highest BCUT2D eigenvalue weighted by Gasteiger charge is 2.34. The lowest BCUT2D eigenvalue weighted by Crippen LogP contribution is -2.56. The number of carbonyl (C=O) groups is 2. The van der Waals surface area contributed by atoms with Crippen LogP contribution in [0, 0.1) is 0 Å². The molecule has 2 aliphatic carbocycles. The number of likely N-dealkylation sites (N-methyl/N-ethyl adjacent to an activating group) is 1. The second-order valence-corrected chi connectivity index (χ2v) is 8.18. The fourth-order valence-electron chi connectivity index (χ4n) is 4.44. The molecule has 0 heterocycles. The van der Waals surface area contributed by atoms with Gasteiger partial charge < -0.3 is 15.7 Å². The Balaban J connectivity index is 1.36. The monoisotopic (exact) mass is 387 g/mol. The van der Waals surface area contributed by atoms with Gasteiger partial charge >= 0.3 is 12.0 Å². The molecule has 0 aromatic heterocycles. The Morgan fingerprint density at radius 3 is 2.39 bits per heavy atom. The summed E-state index contributed by atoms with van der Waals surface area (Å²) < 4.78 is 0. The minimum Gasteiger partial charge on any atom is -0.480 e. The third kappa shape index (κ3) is 5.71. The van der Waals surface area contributed by atoms with Crippen molar-refractivity contribution >= 4 is 12.0 Å². The van der Waals surface area contributed by atoms with Gasteiger partial charge in [-0.1, -0.05) is 50.5 Å². The minimum absolute atomic E-state index is 0.0664. The summed E-state index contributed by atoms with van der Waals surface area (Å²) in [6.07, 6.45) is 8.25. The predicted molar refractivity (Wildman–Crippen MR) is 109 cm³/mol. The zero-order chi connectivity index (χ0) is 19.9. The topological polar surface area (TPSA) is 81.7 Å². The van der Waals surface area contributed by atoms with Gasteiger partial charge in [0, 0.05) is 18.6 Å². The van der Waals surface area contributed by atoms with Crippen molar-refractivity contribution < 1.29 is 14.7 Å². The predicted octanol–water partition coefficient (Wildman–Crippen LogP) is 3.47. The van der Waals surface area contributed by atoms with Crippen molar-refractivity contribution in [1.82, 2.24) is 15.5 Å². The highest BCUT2D eigenvalue weighted by molar-refractivity contribution is 5.74. The minimum atomic E-state index is -0.800. The number of carbonyl (C=O) groups excluding carboxylic acids is 1. The number of carboxylic acids is 1. The van der Waals surface area contributed by atoms with Crippen LogP contribution in [-0.4, -0.2) is 47.2 Å². The lowest BCUT2D eigenvalue weighted by Gasteiger charge is -2.42.